The van der Waals surface area contributed by atoms with Crippen LogP contribution in [-0.4, -0.2) is 130 Å². The maximum atomic E-state index is 12.1. The highest BCUT2D eigenvalue weighted by molar-refractivity contribution is 7.90. The van der Waals surface area contributed by atoms with Crippen LogP contribution in [0.1, 0.15) is 58.3 Å². The molecule has 1 unspecified atom stereocenters. The summed E-state index contributed by atoms with van der Waals surface area (Å²) in [6, 6.07) is -2.78. The molecule has 0 radical (unpaired) electrons. The number of aliphatic carboxylic acids is 2. The number of sulfonamides is 1. The third kappa shape index (κ3) is 25.1. The molecule has 0 saturated heterocycles. The Balaban J connectivity index is 4.12. The SMILES string of the molecule is CC(=O)CCC(NC(=O)CC[C@H](NC(=O)COCCOCCNC(=O)CCCS(=O)(=O)NC(=O)CCCS(=O)(=O)O)C(=O)O)C(=O)O. The van der Waals surface area contributed by atoms with Gasteiger partial charge >= 0.3 is 11.9 Å². The van der Waals surface area contributed by atoms with Crippen molar-refractivity contribution in [3.8, 4) is 0 Å². The van der Waals surface area contributed by atoms with Crippen LogP contribution >= 0.6 is 0 Å². The van der Waals surface area contributed by atoms with E-state index in [1.54, 1.807) is 4.72 Å². The molecular weight excluding hydrogens is 676 g/mol. The predicted octanol–water partition coefficient (Wildman–Crippen LogP) is -2.68. The first-order valence-electron chi connectivity index (χ1n) is 14.3. The van der Waals surface area contributed by atoms with Crippen LogP contribution in [-0.2, 0) is 63.2 Å². The number of ether oxygens (including phenoxy) is 2. The third-order valence-electron chi connectivity index (χ3n) is 5.78. The summed E-state index contributed by atoms with van der Waals surface area (Å²) in [5.74, 6) is -7.27. The maximum Gasteiger partial charge on any atom is 0.326 e. The molecule has 0 aromatic carbocycles. The second kappa shape index (κ2) is 22.7. The number of hydrogen-bond acceptors (Lipinski definition) is 13. The van der Waals surface area contributed by atoms with Crippen LogP contribution < -0.4 is 20.7 Å². The molecule has 0 aliphatic rings. The first kappa shape index (κ1) is 43.3. The van der Waals surface area contributed by atoms with Crippen molar-refractivity contribution in [2.45, 2.75) is 70.4 Å². The Morgan fingerprint density at radius 1 is 0.660 bits per heavy atom. The van der Waals surface area contributed by atoms with Crippen LogP contribution in [0.4, 0.5) is 0 Å². The molecule has 0 aromatic heterocycles. The first-order chi connectivity index (χ1) is 21.8. The standard InChI is InChI=1S/C25H42N4O16S2/c1-17(30)6-7-18(24(35)36)27-21(32)9-8-19(25(37)38)28-23(34)16-45-13-12-44-11-10-26-20(31)4-2-14-46(39,40)29-22(33)5-3-15-47(41,42)43/h18-19H,2-16H2,1H3,(H,26,31)(H,27,32)(H,28,34)(H,29,33)(H,35,36)(H,37,38)(H,41,42,43)/t18?,19-/m0/s1. The number of hydrogen-bond donors (Lipinski definition) is 7. The molecule has 4 amide bonds. The van der Waals surface area contributed by atoms with Crippen LogP contribution in [0.15, 0.2) is 0 Å². The van der Waals surface area contributed by atoms with Crippen LogP contribution in [0, 0.1) is 0 Å². The van der Waals surface area contributed by atoms with Crippen LogP contribution in [0.3, 0.4) is 0 Å². The fraction of sp³-hybridized carbons (Fsp3) is 0.720. The fourth-order valence-electron chi connectivity index (χ4n) is 3.49. The normalized spacial score (nSPS) is 12.7. The molecule has 0 spiro atoms. The van der Waals surface area contributed by atoms with Gasteiger partial charge in [0.15, 0.2) is 0 Å². The van der Waals surface area contributed by atoms with E-state index in [4.69, 9.17) is 19.1 Å². The lowest BCUT2D eigenvalue weighted by Gasteiger charge is -2.16. The van der Waals surface area contributed by atoms with E-state index in [1.807, 2.05) is 0 Å². The topological polar surface area (TPSA) is 315 Å². The molecule has 20 nitrogen and oxygen atoms in total. The molecule has 0 aliphatic carbocycles. The summed E-state index contributed by atoms with van der Waals surface area (Å²) in [5.41, 5.74) is 0. The number of carboxylic acid groups (broad SMARTS) is 2. The summed E-state index contributed by atoms with van der Waals surface area (Å²) in [6.45, 7) is 0.774. The van der Waals surface area contributed by atoms with Crippen LogP contribution in [0.25, 0.3) is 0 Å². The van der Waals surface area contributed by atoms with Gasteiger partial charge < -0.3 is 40.4 Å². The lowest BCUT2D eigenvalue weighted by atomic mass is 10.1. The van der Waals surface area contributed by atoms with Crippen molar-refractivity contribution in [1.29, 1.82) is 0 Å². The molecule has 0 aromatic rings. The van der Waals surface area contributed by atoms with Gasteiger partial charge in [0, 0.05) is 32.2 Å². The van der Waals surface area contributed by atoms with Crippen molar-refractivity contribution >= 4 is 61.5 Å². The fourth-order valence-corrected chi connectivity index (χ4v) is 5.07. The van der Waals surface area contributed by atoms with Gasteiger partial charge in [-0.05, 0) is 32.6 Å². The minimum atomic E-state index is -4.27. The Labute approximate surface area is 271 Å². The zero-order valence-corrected chi connectivity index (χ0v) is 27.4. The average Bonchev–Trinajstić information content (AvgIpc) is 2.93. The van der Waals surface area contributed by atoms with Gasteiger partial charge in [0.25, 0.3) is 10.1 Å². The van der Waals surface area contributed by atoms with Crippen LogP contribution in [0.2, 0.25) is 0 Å². The van der Waals surface area contributed by atoms with Crippen molar-refractivity contribution < 1.29 is 74.6 Å². The molecule has 0 fully saturated rings. The Bertz CT molecular complexity index is 1300. The summed E-state index contributed by atoms with van der Waals surface area (Å²) in [5, 5.41) is 25.3. The van der Waals surface area contributed by atoms with Gasteiger partial charge in [0.05, 0.1) is 31.3 Å². The average molecular weight is 719 g/mol. The summed E-state index contributed by atoms with van der Waals surface area (Å²) < 4.78 is 65.6. The van der Waals surface area contributed by atoms with Crippen molar-refractivity contribution in [1.82, 2.24) is 20.7 Å². The van der Waals surface area contributed by atoms with Gasteiger partial charge in [-0.25, -0.2) is 18.0 Å². The first-order valence-corrected chi connectivity index (χ1v) is 17.5. The third-order valence-corrected chi connectivity index (χ3v) is 7.95. The number of carbonyl (C=O) groups excluding carboxylic acids is 5. The number of Topliss-reactive ketones (excluding diaryl/α,β-unsaturated/α-hetero) is 1. The Hall–Kier alpha value is -3.73. The number of ketones is 1. The second-order valence-corrected chi connectivity index (χ2v) is 13.5. The van der Waals surface area contributed by atoms with Gasteiger partial charge in [-0.15, -0.1) is 0 Å². The minimum Gasteiger partial charge on any atom is -0.480 e. The van der Waals surface area contributed by atoms with Crippen LogP contribution in [0.5, 0.6) is 0 Å². The number of carbonyl (C=O) groups is 7. The summed E-state index contributed by atoms with van der Waals surface area (Å²) in [4.78, 5) is 81.2. The van der Waals surface area contributed by atoms with E-state index >= 15 is 0 Å². The molecular formula is C25H42N4O16S2. The summed E-state index contributed by atoms with van der Waals surface area (Å²) >= 11 is 0. The van der Waals surface area contributed by atoms with Gasteiger partial charge in [0.2, 0.25) is 33.7 Å². The van der Waals surface area contributed by atoms with E-state index < -0.39 is 98.7 Å². The molecule has 0 saturated carbocycles. The van der Waals surface area contributed by atoms with Crippen molar-refractivity contribution in [3.63, 3.8) is 0 Å². The van der Waals surface area contributed by atoms with Crippen molar-refractivity contribution in [3.05, 3.63) is 0 Å². The van der Waals surface area contributed by atoms with E-state index in [2.05, 4.69) is 16.0 Å². The van der Waals surface area contributed by atoms with Gasteiger partial charge in [-0.1, -0.05) is 0 Å². The number of amides is 4. The zero-order chi connectivity index (χ0) is 36.0. The quantitative estimate of drug-likeness (QED) is 0.0336. The van der Waals surface area contributed by atoms with E-state index in [-0.39, 0.29) is 70.7 Å². The highest BCUT2D eigenvalue weighted by atomic mass is 32.2. The number of carboxylic acids is 2. The molecule has 22 heteroatoms. The number of rotatable bonds is 27. The molecule has 7 N–H and O–H groups in total. The smallest absolute Gasteiger partial charge is 0.326 e. The molecule has 0 bridgehead atoms. The Morgan fingerprint density at radius 2 is 1.19 bits per heavy atom. The molecule has 0 rings (SSSR count). The number of nitrogens with one attached hydrogen (secondary N) is 4. The summed E-state index contributed by atoms with van der Waals surface area (Å²) in [6.07, 6.45) is -1.93. The molecule has 270 valence electrons. The second-order valence-electron chi connectivity index (χ2n) is 10.0. The predicted molar refractivity (Wildman–Crippen MR) is 160 cm³/mol. The van der Waals surface area contributed by atoms with E-state index in [1.165, 1.54) is 6.92 Å². The van der Waals surface area contributed by atoms with E-state index in [0.29, 0.717) is 0 Å². The highest BCUT2D eigenvalue weighted by Crippen LogP contribution is 2.03. The minimum absolute atomic E-state index is 0.00221. The molecule has 47 heavy (non-hydrogen) atoms. The van der Waals surface area contributed by atoms with Crippen molar-refractivity contribution in [2.75, 3.05) is 44.5 Å². The lowest BCUT2D eigenvalue weighted by Crippen LogP contribution is -2.45. The lowest BCUT2D eigenvalue weighted by molar-refractivity contribution is -0.144. The molecule has 2 atom stereocenters. The monoisotopic (exact) mass is 718 g/mol. The highest BCUT2D eigenvalue weighted by Gasteiger charge is 2.24. The van der Waals surface area contributed by atoms with Crippen molar-refractivity contribution in [2.24, 2.45) is 0 Å². The van der Waals surface area contributed by atoms with E-state index in [0.717, 1.165) is 0 Å². The molecule has 0 aliphatic heterocycles. The van der Waals surface area contributed by atoms with Gasteiger partial charge in [-0.3, -0.25) is 28.5 Å². The zero-order valence-electron chi connectivity index (χ0n) is 25.7. The maximum absolute atomic E-state index is 12.1. The molecule has 0 heterocycles. The largest absolute Gasteiger partial charge is 0.480 e. The Morgan fingerprint density at radius 3 is 1.77 bits per heavy atom. The summed E-state index contributed by atoms with van der Waals surface area (Å²) in [7, 11) is -8.31. The van der Waals surface area contributed by atoms with Gasteiger partial charge in [-0.2, -0.15) is 8.42 Å². The van der Waals surface area contributed by atoms with E-state index in [9.17, 15) is 55.5 Å². The Kier molecular flexibility index (Phi) is 20.9. The van der Waals surface area contributed by atoms with Gasteiger partial charge in [0.1, 0.15) is 24.5 Å².